The first-order chi connectivity index (χ1) is 11.5. The molecule has 0 aromatic heterocycles. The van der Waals surface area contributed by atoms with Crippen molar-refractivity contribution in [1.82, 2.24) is 14.7 Å². The third kappa shape index (κ3) is 10.7. The summed E-state index contributed by atoms with van der Waals surface area (Å²) in [6, 6.07) is 0. The monoisotopic (exact) mass is 341 g/mol. The highest BCUT2D eigenvalue weighted by Crippen LogP contribution is 2.18. The van der Waals surface area contributed by atoms with Gasteiger partial charge in [0.2, 0.25) is 0 Å². The molecule has 144 valence electrons. The van der Waals surface area contributed by atoms with Crippen molar-refractivity contribution in [3.63, 3.8) is 0 Å². The van der Waals surface area contributed by atoms with Crippen molar-refractivity contribution in [3.05, 3.63) is 0 Å². The summed E-state index contributed by atoms with van der Waals surface area (Å²) in [4.78, 5) is 7.09. The van der Waals surface area contributed by atoms with Gasteiger partial charge in [-0.25, -0.2) is 0 Å². The summed E-state index contributed by atoms with van der Waals surface area (Å²) in [5, 5.41) is 0. The molecule has 3 aliphatic rings. The van der Waals surface area contributed by atoms with E-state index >= 15 is 0 Å². The van der Waals surface area contributed by atoms with Crippen LogP contribution in [0.2, 0.25) is 0 Å². The van der Waals surface area contributed by atoms with Crippen LogP contribution in [0.1, 0.15) is 46.0 Å². The van der Waals surface area contributed by atoms with E-state index < -0.39 is 0 Å². The van der Waals surface area contributed by atoms with Crippen LogP contribution in [0.3, 0.4) is 0 Å². The minimum Gasteiger partial charge on any atom is -0.379 e. The first kappa shape index (κ1) is 21.9. The number of hydrogen-bond donors (Lipinski definition) is 0. The quantitative estimate of drug-likeness (QED) is 0.730. The summed E-state index contributed by atoms with van der Waals surface area (Å²) in [6.45, 7) is 13.9. The molecule has 0 amide bonds. The average molecular weight is 342 g/mol. The van der Waals surface area contributed by atoms with Crippen molar-refractivity contribution in [2.75, 3.05) is 73.6 Å². The Bertz CT molecular complexity index is 269. The molecular formula is C20H43N3O. The van der Waals surface area contributed by atoms with Gasteiger partial charge >= 0.3 is 0 Å². The van der Waals surface area contributed by atoms with Crippen LogP contribution >= 0.6 is 0 Å². The molecule has 0 radical (unpaired) electrons. The van der Waals surface area contributed by atoms with Crippen LogP contribution in [0.25, 0.3) is 0 Å². The Hall–Kier alpha value is -0.160. The van der Waals surface area contributed by atoms with Gasteiger partial charge in [0, 0.05) is 13.1 Å². The van der Waals surface area contributed by atoms with Crippen molar-refractivity contribution in [2.24, 2.45) is 11.8 Å². The maximum atomic E-state index is 5.10. The van der Waals surface area contributed by atoms with Gasteiger partial charge in [0.05, 0.1) is 13.2 Å². The lowest BCUT2D eigenvalue weighted by molar-refractivity contribution is 0.0503. The Balaban J connectivity index is 0.000000181. The van der Waals surface area contributed by atoms with Crippen molar-refractivity contribution in [2.45, 2.75) is 46.0 Å². The molecule has 0 unspecified atom stereocenters. The van der Waals surface area contributed by atoms with E-state index in [1.807, 2.05) is 0 Å². The van der Waals surface area contributed by atoms with Crippen LogP contribution < -0.4 is 0 Å². The number of likely N-dealkylation sites (tertiary alicyclic amines) is 2. The average Bonchev–Trinajstić information content (AvgIpc) is 2.60. The Labute approximate surface area is 151 Å². The molecule has 4 heteroatoms. The first-order valence-electron chi connectivity index (χ1n) is 10.1. The first-order valence-corrected chi connectivity index (χ1v) is 10.1. The SMILES string of the molecule is CC1CCN(C)CC1.CCC1CCN(C)CC1.CN1CCOCC1. The van der Waals surface area contributed by atoms with Crippen LogP contribution in [0, 0.1) is 11.8 Å². The van der Waals surface area contributed by atoms with Crippen LogP contribution in [-0.2, 0) is 4.74 Å². The Kier molecular flexibility index (Phi) is 11.9. The second-order valence-corrected chi connectivity index (χ2v) is 8.06. The lowest BCUT2D eigenvalue weighted by atomic mass is 9.95. The molecule has 3 heterocycles. The summed E-state index contributed by atoms with van der Waals surface area (Å²) in [6.07, 6.45) is 7.03. The smallest absolute Gasteiger partial charge is 0.0594 e. The van der Waals surface area contributed by atoms with E-state index in [9.17, 15) is 0 Å². The van der Waals surface area contributed by atoms with E-state index in [0.717, 1.165) is 38.1 Å². The van der Waals surface area contributed by atoms with Gasteiger partial charge in [-0.3, -0.25) is 0 Å². The highest BCUT2D eigenvalue weighted by Gasteiger charge is 2.13. The highest BCUT2D eigenvalue weighted by molar-refractivity contribution is 4.68. The minimum atomic E-state index is 0.913. The van der Waals surface area contributed by atoms with E-state index in [1.165, 1.54) is 58.3 Å². The topological polar surface area (TPSA) is 19.0 Å². The molecule has 24 heavy (non-hydrogen) atoms. The summed E-state index contributed by atoms with van der Waals surface area (Å²) in [7, 11) is 6.53. The number of likely N-dealkylation sites (N-methyl/N-ethyl adjacent to an activating group) is 1. The molecule has 3 rings (SSSR count). The zero-order valence-corrected chi connectivity index (χ0v) is 17.1. The molecule has 3 saturated heterocycles. The predicted molar refractivity (Wildman–Crippen MR) is 105 cm³/mol. The maximum absolute atomic E-state index is 5.10. The summed E-state index contributed by atoms with van der Waals surface area (Å²) in [5.41, 5.74) is 0. The number of piperidine rings is 2. The largest absolute Gasteiger partial charge is 0.379 e. The Morgan fingerprint density at radius 1 is 0.708 bits per heavy atom. The Morgan fingerprint density at radius 3 is 1.46 bits per heavy atom. The number of nitrogens with zero attached hydrogens (tertiary/aromatic N) is 3. The van der Waals surface area contributed by atoms with Gasteiger partial charge in [0.15, 0.2) is 0 Å². The van der Waals surface area contributed by atoms with Crippen LogP contribution in [-0.4, -0.2) is 88.3 Å². The fourth-order valence-electron chi connectivity index (χ4n) is 3.26. The van der Waals surface area contributed by atoms with E-state index in [0.29, 0.717) is 0 Å². The zero-order valence-electron chi connectivity index (χ0n) is 17.1. The molecule has 3 fully saturated rings. The van der Waals surface area contributed by atoms with Gasteiger partial charge in [-0.1, -0.05) is 20.3 Å². The van der Waals surface area contributed by atoms with E-state index in [-0.39, 0.29) is 0 Å². The number of rotatable bonds is 1. The Morgan fingerprint density at radius 2 is 1.12 bits per heavy atom. The predicted octanol–water partition coefficient (Wildman–Crippen LogP) is 3.03. The molecule has 3 aliphatic heterocycles. The standard InChI is InChI=1S/C8H17N.C7H15N.C5H11NO/c1-3-8-4-6-9(2)7-5-8;1-7-3-5-8(2)6-4-7;1-6-2-4-7-5-3-6/h8H,3-7H2,1-2H3;7H,3-6H2,1-2H3;2-5H2,1H3. The molecule has 0 N–H and O–H groups in total. The minimum absolute atomic E-state index is 0.913. The van der Waals surface area contributed by atoms with Gasteiger partial charge in [-0.2, -0.15) is 0 Å². The number of hydrogen-bond acceptors (Lipinski definition) is 4. The molecule has 0 saturated carbocycles. The van der Waals surface area contributed by atoms with Crippen molar-refractivity contribution < 1.29 is 4.74 Å². The second-order valence-electron chi connectivity index (χ2n) is 8.06. The summed E-state index contributed by atoms with van der Waals surface area (Å²) >= 11 is 0. The third-order valence-electron chi connectivity index (χ3n) is 5.66. The van der Waals surface area contributed by atoms with E-state index in [4.69, 9.17) is 4.74 Å². The molecule has 0 bridgehead atoms. The van der Waals surface area contributed by atoms with E-state index in [2.05, 4.69) is 49.7 Å². The fraction of sp³-hybridized carbons (Fsp3) is 1.00. The van der Waals surface area contributed by atoms with Crippen molar-refractivity contribution in [1.29, 1.82) is 0 Å². The van der Waals surface area contributed by atoms with E-state index in [1.54, 1.807) is 0 Å². The summed E-state index contributed by atoms with van der Waals surface area (Å²) < 4.78 is 5.10. The zero-order chi connectivity index (χ0) is 17.8. The van der Waals surface area contributed by atoms with Gasteiger partial charge < -0.3 is 19.4 Å². The lowest BCUT2D eigenvalue weighted by Crippen LogP contribution is -2.32. The molecule has 0 aromatic carbocycles. The lowest BCUT2D eigenvalue weighted by Gasteiger charge is -2.27. The molecule has 0 aromatic rings. The van der Waals surface area contributed by atoms with Crippen LogP contribution in [0.4, 0.5) is 0 Å². The number of ether oxygens (including phenoxy) is 1. The molecular weight excluding hydrogens is 298 g/mol. The van der Waals surface area contributed by atoms with Gasteiger partial charge in [0.1, 0.15) is 0 Å². The van der Waals surface area contributed by atoms with Gasteiger partial charge in [0.25, 0.3) is 0 Å². The summed E-state index contributed by atoms with van der Waals surface area (Å²) in [5.74, 6) is 2.01. The second kappa shape index (κ2) is 13.1. The van der Waals surface area contributed by atoms with Crippen LogP contribution in [0.15, 0.2) is 0 Å². The molecule has 0 spiro atoms. The molecule has 0 aliphatic carbocycles. The van der Waals surface area contributed by atoms with Crippen molar-refractivity contribution >= 4 is 0 Å². The molecule has 0 atom stereocenters. The fourth-order valence-corrected chi connectivity index (χ4v) is 3.26. The number of morpholine rings is 1. The van der Waals surface area contributed by atoms with Crippen LogP contribution in [0.5, 0.6) is 0 Å². The normalized spacial score (nSPS) is 25.4. The molecule has 4 nitrogen and oxygen atoms in total. The van der Waals surface area contributed by atoms with Gasteiger partial charge in [-0.15, -0.1) is 0 Å². The highest BCUT2D eigenvalue weighted by atomic mass is 16.5. The van der Waals surface area contributed by atoms with Gasteiger partial charge in [-0.05, 0) is 84.8 Å². The maximum Gasteiger partial charge on any atom is 0.0594 e. The van der Waals surface area contributed by atoms with Crippen molar-refractivity contribution in [3.8, 4) is 0 Å². The third-order valence-corrected chi connectivity index (χ3v) is 5.66.